The first-order valence-corrected chi connectivity index (χ1v) is 3.57. The van der Waals surface area contributed by atoms with Crippen LogP contribution in [0.1, 0.15) is 13.8 Å². The average Bonchev–Trinajstić information content (AvgIpc) is 2.10. The normalized spacial score (nSPS) is 32.5. The van der Waals surface area contributed by atoms with Gasteiger partial charge in [0.05, 0.1) is 12.6 Å². The zero-order chi connectivity index (χ0) is 7.78. The van der Waals surface area contributed by atoms with Crippen molar-refractivity contribution in [3.05, 3.63) is 12.7 Å². The zero-order valence-electron chi connectivity index (χ0n) is 6.92. The molecule has 1 aliphatic heterocycles. The van der Waals surface area contributed by atoms with Gasteiger partial charge in [-0.15, -0.1) is 6.58 Å². The zero-order valence-corrected chi connectivity index (χ0v) is 6.92. The van der Waals surface area contributed by atoms with Gasteiger partial charge >= 0.3 is 0 Å². The molecule has 1 atom stereocenters. The van der Waals surface area contributed by atoms with Gasteiger partial charge in [0.2, 0.25) is 0 Å². The van der Waals surface area contributed by atoms with E-state index < -0.39 is 0 Å². The highest BCUT2D eigenvalue weighted by Gasteiger charge is 2.35. The van der Waals surface area contributed by atoms with Crippen LogP contribution in [0.25, 0.3) is 0 Å². The average molecular weight is 141 g/mol. The van der Waals surface area contributed by atoms with Crippen molar-refractivity contribution in [1.82, 2.24) is 4.90 Å². The van der Waals surface area contributed by atoms with Crippen LogP contribution in [0.5, 0.6) is 0 Å². The standard InChI is InChI=1S/C8H15NO/c1-5-7-6-10-8(2,3)9(7)4/h5,7H,1,6H2,2-4H3. The molecule has 2 nitrogen and oxygen atoms in total. The Labute approximate surface area is 62.5 Å². The van der Waals surface area contributed by atoms with Crippen molar-refractivity contribution in [2.24, 2.45) is 0 Å². The smallest absolute Gasteiger partial charge is 0.116 e. The third kappa shape index (κ3) is 1.09. The number of rotatable bonds is 1. The van der Waals surface area contributed by atoms with Gasteiger partial charge in [-0.25, -0.2) is 0 Å². The molecule has 1 unspecified atom stereocenters. The molecule has 0 aromatic carbocycles. The van der Waals surface area contributed by atoms with Crippen molar-refractivity contribution in [2.75, 3.05) is 13.7 Å². The summed E-state index contributed by atoms with van der Waals surface area (Å²) in [5, 5.41) is 0. The topological polar surface area (TPSA) is 12.5 Å². The van der Waals surface area contributed by atoms with E-state index >= 15 is 0 Å². The molecule has 0 spiro atoms. The van der Waals surface area contributed by atoms with Crippen LogP contribution in [0.4, 0.5) is 0 Å². The molecule has 0 aliphatic carbocycles. The van der Waals surface area contributed by atoms with Gasteiger partial charge in [-0.1, -0.05) is 6.08 Å². The lowest BCUT2D eigenvalue weighted by atomic mass is 10.2. The summed E-state index contributed by atoms with van der Waals surface area (Å²) in [5.74, 6) is 0. The first-order chi connectivity index (χ1) is 4.58. The highest BCUT2D eigenvalue weighted by Crippen LogP contribution is 2.24. The number of hydrogen-bond donors (Lipinski definition) is 0. The minimum atomic E-state index is -0.112. The third-order valence-electron chi connectivity index (χ3n) is 2.23. The molecule has 1 heterocycles. The molecule has 10 heavy (non-hydrogen) atoms. The van der Waals surface area contributed by atoms with Crippen LogP contribution in [0.15, 0.2) is 12.7 Å². The van der Waals surface area contributed by atoms with Crippen molar-refractivity contribution < 1.29 is 4.74 Å². The van der Waals surface area contributed by atoms with E-state index in [4.69, 9.17) is 4.74 Å². The Balaban J connectivity index is 2.66. The van der Waals surface area contributed by atoms with Gasteiger partial charge in [-0.05, 0) is 20.9 Å². The van der Waals surface area contributed by atoms with Crippen molar-refractivity contribution in [3.63, 3.8) is 0 Å². The minimum absolute atomic E-state index is 0.112. The molecule has 2 heteroatoms. The summed E-state index contributed by atoms with van der Waals surface area (Å²) < 4.78 is 5.51. The summed E-state index contributed by atoms with van der Waals surface area (Å²) in [6, 6.07) is 0.384. The molecule has 0 saturated carbocycles. The van der Waals surface area contributed by atoms with E-state index in [1.54, 1.807) is 0 Å². The molecule has 0 radical (unpaired) electrons. The highest BCUT2D eigenvalue weighted by atomic mass is 16.5. The van der Waals surface area contributed by atoms with E-state index in [1.807, 2.05) is 6.08 Å². The van der Waals surface area contributed by atoms with Crippen molar-refractivity contribution in [1.29, 1.82) is 0 Å². The number of nitrogens with zero attached hydrogens (tertiary/aromatic N) is 1. The lowest BCUT2D eigenvalue weighted by Gasteiger charge is -2.28. The summed E-state index contributed by atoms with van der Waals surface area (Å²) in [7, 11) is 2.05. The van der Waals surface area contributed by atoms with E-state index in [0.29, 0.717) is 6.04 Å². The molecular formula is C8H15NO. The summed E-state index contributed by atoms with van der Waals surface area (Å²) in [6.07, 6.45) is 1.93. The maximum absolute atomic E-state index is 5.51. The summed E-state index contributed by atoms with van der Waals surface area (Å²) >= 11 is 0. The van der Waals surface area contributed by atoms with E-state index in [0.717, 1.165) is 6.61 Å². The number of ether oxygens (including phenoxy) is 1. The second-order valence-corrected chi connectivity index (χ2v) is 3.17. The maximum atomic E-state index is 5.51. The van der Waals surface area contributed by atoms with Crippen molar-refractivity contribution in [3.8, 4) is 0 Å². The Bertz CT molecular complexity index is 142. The van der Waals surface area contributed by atoms with Crippen molar-refractivity contribution in [2.45, 2.75) is 25.6 Å². The van der Waals surface area contributed by atoms with Crippen LogP contribution < -0.4 is 0 Å². The van der Waals surface area contributed by atoms with Gasteiger partial charge in [0, 0.05) is 0 Å². The molecule has 1 fully saturated rings. The molecule has 0 aromatic rings. The molecule has 0 aromatic heterocycles. The Hall–Kier alpha value is -0.340. The molecule has 0 N–H and O–H groups in total. The molecule has 1 rings (SSSR count). The molecule has 1 aliphatic rings. The van der Waals surface area contributed by atoms with E-state index in [9.17, 15) is 0 Å². The number of likely N-dealkylation sites (N-methyl/N-ethyl adjacent to an activating group) is 1. The molecule has 58 valence electrons. The predicted molar refractivity (Wildman–Crippen MR) is 41.8 cm³/mol. The van der Waals surface area contributed by atoms with Gasteiger partial charge in [-0.3, -0.25) is 4.90 Å². The predicted octanol–water partition coefficient (Wildman–Crippen LogP) is 1.24. The first kappa shape index (κ1) is 7.76. The first-order valence-electron chi connectivity index (χ1n) is 3.57. The van der Waals surface area contributed by atoms with E-state index in [1.165, 1.54) is 0 Å². The SMILES string of the molecule is C=CC1COC(C)(C)N1C. The molecule has 1 saturated heterocycles. The van der Waals surface area contributed by atoms with Gasteiger partial charge < -0.3 is 4.74 Å². The van der Waals surface area contributed by atoms with Crippen LogP contribution in [-0.4, -0.2) is 30.3 Å². The summed E-state index contributed by atoms with van der Waals surface area (Å²) in [5.41, 5.74) is -0.112. The lowest BCUT2D eigenvalue weighted by Crippen LogP contribution is -2.39. The van der Waals surface area contributed by atoms with Gasteiger partial charge in [0.15, 0.2) is 0 Å². The molecule has 0 bridgehead atoms. The summed E-state index contributed by atoms with van der Waals surface area (Å²) in [6.45, 7) is 8.64. The van der Waals surface area contributed by atoms with E-state index in [-0.39, 0.29) is 5.72 Å². The third-order valence-corrected chi connectivity index (χ3v) is 2.23. The van der Waals surface area contributed by atoms with Crippen LogP contribution in [-0.2, 0) is 4.74 Å². The molecule has 0 amide bonds. The highest BCUT2D eigenvalue weighted by molar-refractivity contribution is 4.94. The van der Waals surface area contributed by atoms with Crippen molar-refractivity contribution >= 4 is 0 Å². The Kier molecular flexibility index (Phi) is 1.84. The second-order valence-electron chi connectivity index (χ2n) is 3.17. The Morgan fingerprint density at radius 2 is 2.30 bits per heavy atom. The van der Waals surface area contributed by atoms with Crippen LogP contribution in [0.3, 0.4) is 0 Å². The van der Waals surface area contributed by atoms with Gasteiger partial charge in [0.25, 0.3) is 0 Å². The number of hydrogen-bond acceptors (Lipinski definition) is 2. The monoisotopic (exact) mass is 141 g/mol. The minimum Gasteiger partial charge on any atom is -0.359 e. The fraction of sp³-hybridized carbons (Fsp3) is 0.750. The van der Waals surface area contributed by atoms with Gasteiger partial charge in [0.1, 0.15) is 5.72 Å². The maximum Gasteiger partial charge on any atom is 0.116 e. The summed E-state index contributed by atoms with van der Waals surface area (Å²) in [4.78, 5) is 2.18. The molecular weight excluding hydrogens is 126 g/mol. The Morgan fingerprint density at radius 3 is 2.50 bits per heavy atom. The van der Waals surface area contributed by atoms with Crippen LogP contribution in [0, 0.1) is 0 Å². The Morgan fingerprint density at radius 1 is 1.70 bits per heavy atom. The van der Waals surface area contributed by atoms with Crippen LogP contribution >= 0.6 is 0 Å². The van der Waals surface area contributed by atoms with Gasteiger partial charge in [-0.2, -0.15) is 0 Å². The fourth-order valence-corrected chi connectivity index (χ4v) is 1.13. The second kappa shape index (κ2) is 2.36. The largest absolute Gasteiger partial charge is 0.359 e. The van der Waals surface area contributed by atoms with Crippen LogP contribution in [0.2, 0.25) is 0 Å². The fourth-order valence-electron chi connectivity index (χ4n) is 1.13. The van der Waals surface area contributed by atoms with E-state index in [2.05, 4.69) is 32.4 Å². The quantitative estimate of drug-likeness (QED) is 0.509. The lowest BCUT2D eigenvalue weighted by molar-refractivity contribution is -0.0401.